The van der Waals surface area contributed by atoms with Crippen LogP contribution in [0.4, 0.5) is 5.13 Å². The molecule has 0 unspecified atom stereocenters. The van der Waals surface area contributed by atoms with E-state index in [4.69, 9.17) is 0 Å². The first-order chi connectivity index (χ1) is 12.3. The quantitative estimate of drug-likeness (QED) is 0.756. The molecule has 0 atom stereocenters. The zero-order valence-corrected chi connectivity index (χ0v) is 14.5. The Labute approximate surface area is 149 Å². The summed E-state index contributed by atoms with van der Waals surface area (Å²) in [7, 11) is 0. The highest BCUT2D eigenvalue weighted by Crippen LogP contribution is 2.31. The summed E-state index contributed by atoms with van der Waals surface area (Å²) in [4.78, 5) is 18.0. The first kappa shape index (κ1) is 16.0. The van der Waals surface area contributed by atoms with E-state index in [1.807, 2.05) is 36.5 Å². The van der Waals surface area contributed by atoms with Crippen molar-refractivity contribution in [1.29, 1.82) is 0 Å². The average Bonchev–Trinajstić information content (AvgIpc) is 3.33. The topological polar surface area (TPSA) is 71.8 Å². The lowest BCUT2D eigenvalue weighted by atomic mass is 9.97. The van der Waals surface area contributed by atoms with Gasteiger partial charge in [0.2, 0.25) is 0 Å². The maximum absolute atomic E-state index is 12.4. The van der Waals surface area contributed by atoms with E-state index in [2.05, 4.69) is 20.7 Å². The molecule has 1 aliphatic rings. The van der Waals surface area contributed by atoms with Gasteiger partial charge in [0.05, 0.1) is 5.69 Å². The molecular weight excluding hydrogens is 334 g/mol. The first-order valence-corrected chi connectivity index (χ1v) is 9.20. The fourth-order valence-corrected chi connectivity index (χ4v) is 3.95. The number of para-hydroxylation sites is 1. The minimum absolute atomic E-state index is 0.235. The van der Waals surface area contributed by atoms with E-state index >= 15 is 0 Å². The van der Waals surface area contributed by atoms with Crippen molar-refractivity contribution in [2.45, 2.75) is 18.8 Å². The fraction of sp³-hybridized carbons (Fsp3) is 0.278. The second kappa shape index (κ2) is 7.16. The Morgan fingerprint density at radius 2 is 2.00 bits per heavy atom. The molecule has 1 saturated heterocycles. The summed E-state index contributed by atoms with van der Waals surface area (Å²) in [5.74, 6) is 0.308. The zero-order valence-electron chi connectivity index (χ0n) is 13.7. The van der Waals surface area contributed by atoms with E-state index in [9.17, 15) is 4.79 Å². The monoisotopic (exact) mass is 353 g/mol. The minimum Gasteiger partial charge on any atom is -0.317 e. The molecule has 7 heteroatoms. The number of anilines is 1. The van der Waals surface area contributed by atoms with Crippen molar-refractivity contribution in [2.75, 3.05) is 18.4 Å². The van der Waals surface area contributed by atoms with Gasteiger partial charge in [-0.05, 0) is 50.0 Å². The van der Waals surface area contributed by atoms with Gasteiger partial charge in [-0.15, -0.1) is 11.3 Å². The van der Waals surface area contributed by atoms with Gasteiger partial charge in [0.1, 0.15) is 0 Å². The molecule has 0 radical (unpaired) electrons. The van der Waals surface area contributed by atoms with Crippen LogP contribution in [0.2, 0.25) is 0 Å². The standard InChI is InChI=1S/C18H19N5OS/c24-17(15-8-11-23(22-15)14-4-2-1-3-5-14)21-18-20-12-16(25-18)13-6-9-19-10-7-13/h1-5,8,11-13,19H,6-7,9-10H2,(H,20,21,24). The zero-order chi connectivity index (χ0) is 17.1. The van der Waals surface area contributed by atoms with E-state index in [0.717, 1.165) is 31.6 Å². The first-order valence-electron chi connectivity index (χ1n) is 8.38. The second-order valence-electron chi connectivity index (χ2n) is 6.03. The minimum atomic E-state index is -0.235. The molecule has 3 heterocycles. The van der Waals surface area contributed by atoms with Crippen LogP contribution >= 0.6 is 11.3 Å². The van der Waals surface area contributed by atoms with E-state index in [-0.39, 0.29) is 5.91 Å². The molecule has 4 rings (SSSR count). The van der Waals surface area contributed by atoms with Gasteiger partial charge in [0.15, 0.2) is 10.8 Å². The number of amides is 1. The predicted octanol–water partition coefficient (Wildman–Crippen LogP) is 3.05. The van der Waals surface area contributed by atoms with Crippen LogP contribution in [-0.2, 0) is 0 Å². The highest BCUT2D eigenvalue weighted by Gasteiger charge is 2.19. The van der Waals surface area contributed by atoms with Crippen molar-refractivity contribution < 1.29 is 4.79 Å². The van der Waals surface area contributed by atoms with Crippen LogP contribution in [0, 0.1) is 0 Å². The summed E-state index contributed by atoms with van der Waals surface area (Å²) in [6.45, 7) is 2.09. The third-order valence-electron chi connectivity index (χ3n) is 4.33. The van der Waals surface area contributed by atoms with E-state index in [1.165, 1.54) is 4.88 Å². The van der Waals surface area contributed by atoms with Gasteiger partial charge in [-0.25, -0.2) is 9.67 Å². The molecular formula is C18H19N5OS. The van der Waals surface area contributed by atoms with E-state index in [0.29, 0.717) is 16.7 Å². The maximum Gasteiger partial charge on any atom is 0.277 e. The largest absolute Gasteiger partial charge is 0.317 e. The number of rotatable bonds is 4. The summed E-state index contributed by atoms with van der Waals surface area (Å²) in [5.41, 5.74) is 1.30. The average molecular weight is 353 g/mol. The molecule has 128 valence electrons. The molecule has 25 heavy (non-hydrogen) atoms. The summed E-state index contributed by atoms with van der Waals surface area (Å²) < 4.78 is 1.69. The molecule has 1 aliphatic heterocycles. The number of carbonyl (C=O) groups excluding carboxylic acids is 1. The number of hydrogen-bond donors (Lipinski definition) is 2. The molecule has 0 bridgehead atoms. The number of nitrogens with one attached hydrogen (secondary N) is 2. The molecule has 1 aromatic carbocycles. The van der Waals surface area contributed by atoms with Crippen molar-refractivity contribution >= 4 is 22.4 Å². The molecule has 1 amide bonds. The molecule has 0 spiro atoms. The van der Waals surface area contributed by atoms with Crippen molar-refractivity contribution in [3.05, 3.63) is 59.4 Å². The predicted molar refractivity (Wildman–Crippen MR) is 98.5 cm³/mol. The van der Waals surface area contributed by atoms with Gasteiger partial charge in [-0.1, -0.05) is 18.2 Å². The van der Waals surface area contributed by atoms with Gasteiger partial charge in [0, 0.05) is 17.3 Å². The SMILES string of the molecule is O=C(Nc1ncc(C2CCNCC2)s1)c1ccn(-c2ccccc2)n1. The summed E-state index contributed by atoms with van der Waals surface area (Å²) >= 11 is 1.56. The number of hydrogen-bond acceptors (Lipinski definition) is 5. The van der Waals surface area contributed by atoms with Gasteiger partial charge < -0.3 is 5.32 Å². The van der Waals surface area contributed by atoms with E-state index < -0.39 is 0 Å². The maximum atomic E-state index is 12.4. The highest BCUT2D eigenvalue weighted by molar-refractivity contribution is 7.15. The van der Waals surface area contributed by atoms with Gasteiger partial charge in [-0.2, -0.15) is 5.10 Å². The Morgan fingerprint density at radius 1 is 1.20 bits per heavy atom. The Balaban J connectivity index is 1.44. The van der Waals surface area contributed by atoms with Gasteiger partial charge >= 0.3 is 0 Å². The number of thiazole rings is 1. The third kappa shape index (κ3) is 3.62. The number of aromatic nitrogens is 3. The van der Waals surface area contributed by atoms with Crippen LogP contribution in [0.1, 0.15) is 34.1 Å². The van der Waals surface area contributed by atoms with Crippen LogP contribution in [0.15, 0.2) is 48.8 Å². The number of piperidine rings is 1. The molecule has 3 aromatic rings. The number of benzene rings is 1. The molecule has 2 aromatic heterocycles. The second-order valence-corrected chi connectivity index (χ2v) is 7.09. The van der Waals surface area contributed by atoms with Crippen LogP contribution < -0.4 is 10.6 Å². The lowest BCUT2D eigenvalue weighted by Gasteiger charge is -2.20. The van der Waals surface area contributed by atoms with Crippen molar-refractivity contribution in [3.8, 4) is 5.69 Å². The van der Waals surface area contributed by atoms with E-state index in [1.54, 1.807) is 28.3 Å². The summed E-state index contributed by atoms with van der Waals surface area (Å²) in [6.07, 6.45) is 5.92. The fourth-order valence-electron chi connectivity index (χ4n) is 2.97. The van der Waals surface area contributed by atoms with Crippen LogP contribution in [0.25, 0.3) is 5.69 Å². The Morgan fingerprint density at radius 3 is 2.80 bits per heavy atom. The lowest BCUT2D eigenvalue weighted by molar-refractivity contribution is 0.102. The van der Waals surface area contributed by atoms with Crippen molar-refractivity contribution in [3.63, 3.8) is 0 Å². The Bertz CT molecular complexity index is 851. The Kier molecular flexibility index (Phi) is 4.58. The van der Waals surface area contributed by atoms with Crippen LogP contribution in [0.5, 0.6) is 0 Å². The Hall–Kier alpha value is -2.51. The van der Waals surface area contributed by atoms with Crippen LogP contribution in [0.3, 0.4) is 0 Å². The number of carbonyl (C=O) groups is 1. The summed E-state index contributed by atoms with van der Waals surface area (Å²) in [5, 5.41) is 11.2. The highest BCUT2D eigenvalue weighted by atomic mass is 32.1. The molecule has 0 aliphatic carbocycles. The van der Waals surface area contributed by atoms with Crippen molar-refractivity contribution in [2.24, 2.45) is 0 Å². The third-order valence-corrected chi connectivity index (χ3v) is 5.40. The summed E-state index contributed by atoms with van der Waals surface area (Å²) in [6, 6.07) is 11.4. The molecule has 6 nitrogen and oxygen atoms in total. The normalized spacial score (nSPS) is 15.2. The lowest BCUT2D eigenvalue weighted by Crippen LogP contribution is -2.26. The molecule has 1 fully saturated rings. The van der Waals surface area contributed by atoms with Gasteiger partial charge in [-0.3, -0.25) is 10.1 Å². The smallest absolute Gasteiger partial charge is 0.277 e. The molecule has 2 N–H and O–H groups in total. The van der Waals surface area contributed by atoms with Crippen LogP contribution in [-0.4, -0.2) is 33.8 Å². The molecule has 0 saturated carbocycles. The van der Waals surface area contributed by atoms with Crippen molar-refractivity contribution in [1.82, 2.24) is 20.1 Å². The number of nitrogens with zero attached hydrogens (tertiary/aromatic N) is 3. The van der Waals surface area contributed by atoms with Gasteiger partial charge in [0.25, 0.3) is 5.91 Å².